The average molecular weight is 436 g/mol. The van der Waals surface area contributed by atoms with Crippen LogP contribution in [0.3, 0.4) is 0 Å². The van der Waals surface area contributed by atoms with Crippen LogP contribution in [0, 0.1) is 24.7 Å². The minimum absolute atomic E-state index is 0.186. The zero-order chi connectivity index (χ0) is 22.3. The van der Waals surface area contributed by atoms with Gasteiger partial charge in [-0.05, 0) is 82.1 Å². The summed E-state index contributed by atoms with van der Waals surface area (Å²) in [5.41, 5.74) is 4.31. The Bertz CT molecular complexity index is 820. The molecule has 0 spiro atoms. The molecule has 3 nitrogen and oxygen atoms in total. The highest BCUT2D eigenvalue weighted by Crippen LogP contribution is 2.48. The Morgan fingerprint density at radius 1 is 1.16 bits per heavy atom. The molecule has 0 unspecified atom stereocenters. The Hall–Kier alpha value is -1.87. The van der Waals surface area contributed by atoms with Crippen LogP contribution in [-0.2, 0) is 11.2 Å². The molecule has 3 aliphatic rings. The largest absolute Gasteiger partial charge is 0.392 e. The molecule has 1 aromatic rings. The molecule has 1 aromatic carbocycles. The molecule has 0 aromatic heterocycles. The Morgan fingerprint density at radius 2 is 2.00 bits per heavy atom. The third kappa shape index (κ3) is 6.13. The quantitative estimate of drug-likeness (QED) is 0.362. The predicted octanol–water partition coefficient (Wildman–Crippen LogP) is 6.00. The lowest BCUT2D eigenvalue weighted by atomic mass is 9.88. The molecule has 4 atom stereocenters. The number of rotatable bonds is 10. The van der Waals surface area contributed by atoms with Crippen molar-refractivity contribution in [2.75, 3.05) is 13.1 Å². The van der Waals surface area contributed by atoms with Crippen LogP contribution < -0.4 is 0 Å². The Balaban J connectivity index is 1.15. The van der Waals surface area contributed by atoms with Crippen molar-refractivity contribution in [3.63, 3.8) is 0 Å². The van der Waals surface area contributed by atoms with Gasteiger partial charge < -0.3 is 10.0 Å². The van der Waals surface area contributed by atoms with Crippen molar-refractivity contribution in [2.45, 2.75) is 83.7 Å². The van der Waals surface area contributed by atoms with Crippen molar-refractivity contribution < 1.29 is 9.90 Å². The van der Waals surface area contributed by atoms with Crippen molar-refractivity contribution in [1.29, 1.82) is 0 Å². The van der Waals surface area contributed by atoms with E-state index in [0.29, 0.717) is 23.7 Å². The van der Waals surface area contributed by atoms with Gasteiger partial charge in [-0.1, -0.05) is 60.1 Å². The number of hydrogen-bond donors (Lipinski definition) is 1. The molecule has 1 saturated carbocycles. The summed E-state index contributed by atoms with van der Waals surface area (Å²) in [6.45, 7) is 4.09. The van der Waals surface area contributed by atoms with E-state index < -0.39 is 0 Å². The maximum absolute atomic E-state index is 12.2. The number of amides is 1. The lowest BCUT2D eigenvalue weighted by molar-refractivity contribution is -0.130. The molecule has 1 saturated heterocycles. The summed E-state index contributed by atoms with van der Waals surface area (Å²) >= 11 is 0. The van der Waals surface area contributed by atoms with Crippen LogP contribution in [-0.4, -0.2) is 35.1 Å². The minimum atomic E-state index is -0.186. The second kappa shape index (κ2) is 11.3. The number of carbonyl (C=O) groups is 1. The summed E-state index contributed by atoms with van der Waals surface area (Å²) in [4.78, 5) is 14.2. The molecule has 1 N–H and O–H groups in total. The number of aliphatic hydroxyl groups is 1. The number of hydrogen-bond acceptors (Lipinski definition) is 2. The molecule has 0 radical (unpaired) electrons. The summed E-state index contributed by atoms with van der Waals surface area (Å²) in [6, 6.07) is 8.75. The minimum Gasteiger partial charge on any atom is -0.392 e. The number of nitrogens with zero attached hydrogens (tertiary/aromatic N) is 1. The van der Waals surface area contributed by atoms with Gasteiger partial charge in [0, 0.05) is 25.4 Å². The summed E-state index contributed by atoms with van der Waals surface area (Å²) in [7, 11) is 0. The first-order valence-corrected chi connectivity index (χ1v) is 13.0. The summed E-state index contributed by atoms with van der Waals surface area (Å²) < 4.78 is 0. The first-order chi connectivity index (χ1) is 15.6. The van der Waals surface area contributed by atoms with E-state index in [1.54, 1.807) is 5.57 Å². The van der Waals surface area contributed by atoms with Gasteiger partial charge in [0.1, 0.15) is 0 Å². The molecule has 2 aliphatic carbocycles. The van der Waals surface area contributed by atoms with Crippen molar-refractivity contribution in [3.05, 3.63) is 59.2 Å². The van der Waals surface area contributed by atoms with Crippen LogP contribution in [0.5, 0.6) is 0 Å². The van der Waals surface area contributed by atoms with Gasteiger partial charge in [-0.2, -0.15) is 0 Å². The number of likely N-dealkylation sites (tertiary alicyclic amines) is 1. The van der Waals surface area contributed by atoms with Gasteiger partial charge in [-0.15, -0.1) is 0 Å². The van der Waals surface area contributed by atoms with Crippen LogP contribution in [0.1, 0.15) is 75.3 Å². The van der Waals surface area contributed by atoms with Crippen molar-refractivity contribution in [2.24, 2.45) is 17.8 Å². The van der Waals surface area contributed by atoms with Crippen LogP contribution in [0.15, 0.2) is 48.1 Å². The van der Waals surface area contributed by atoms with E-state index in [1.807, 2.05) is 4.90 Å². The maximum atomic E-state index is 12.2. The number of benzene rings is 1. The molecule has 0 bridgehead atoms. The highest BCUT2D eigenvalue weighted by Gasteiger charge is 2.43. The zero-order valence-corrected chi connectivity index (χ0v) is 19.8. The van der Waals surface area contributed by atoms with E-state index in [9.17, 15) is 9.90 Å². The van der Waals surface area contributed by atoms with Crippen LogP contribution in [0.4, 0.5) is 0 Å². The number of allylic oxidation sites excluding steroid dienone is 3. The lowest BCUT2D eigenvalue weighted by Gasteiger charge is -2.18. The van der Waals surface area contributed by atoms with Crippen molar-refractivity contribution in [3.8, 4) is 0 Å². The number of fused-ring (bicyclic) bond motifs is 1. The summed E-state index contributed by atoms with van der Waals surface area (Å²) in [6.07, 6.45) is 18.7. The van der Waals surface area contributed by atoms with Crippen LogP contribution in [0.2, 0.25) is 0 Å². The van der Waals surface area contributed by atoms with Crippen molar-refractivity contribution in [1.82, 2.24) is 4.90 Å². The second-order valence-corrected chi connectivity index (χ2v) is 10.3. The number of unbranched alkanes of at least 4 members (excludes halogenated alkanes) is 2. The molecule has 32 heavy (non-hydrogen) atoms. The number of aliphatic hydroxyl groups excluding tert-OH is 1. The second-order valence-electron chi connectivity index (χ2n) is 10.3. The number of aryl methyl sites for hydroxylation is 2. The monoisotopic (exact) mass is 435 g/mol. The summed E-state index contributed by atoms with van der Waals surface area (Å²) in [5.74, 6) is 1.82. The topological polar surface area (TPSA) is 40.5 Å². The fraction of sp³-hybridized carbons (Fsp3) is 0.621. The first-order valence-electron chi connectivity index (χ1n) is 13.0. The van der Waals surface area contributed by atoms with Gasteiger partial charge in [0.2, 0.25) is 5.91 Å². The lowest BCUT2D eigenvalue weighted by Crippen LogP contribution is -2.27. The Labute approximate surface area is 194 Å². The van der Waals surface area contributed by atoms with E-state index in [1.165, 1.54) is 36.8 Å². The molecule has 1 aliphatic heterocycles. The first kappa shape index (κ1) is 23.3. The smallest absolute Gasteiger partial charge is 0.222 e. The highest BCUT2D eigenvalue weighted by molar-refractivity contribution is 5.76. The van der Waals surface area contributed by atoms with Gasteiger partial charge in [0.05, 0.1) is 6.10 Å². The SMILES string of the molecule is Cc1cccc(CCC=C[C@@H]2[C@H]3CC(CCCCCC(=O)N4CCCC4)=C[C@H]3C[C@H]2O)c1. The maximum Gasteiger partial charge on any atom is 0.222 e. The normalized spacial score (nSPS) is 27.3. The molecule has 1 heterocycles. The van der Waals surface area contributed by atoms with E-state index in [0.717, 1.165) is 58.0 Å². The molecular weight excluding hydrogens is 394 g/mol. The Kier molecular flexibility index (Phi) is 8.24. The van der Waals surface area contributed by atoms with Crippen molar-refractivity contribution >= 4 is 5.91 Å². The average Bonchev–Trinajstić information content (AvgIpc) is 3.49. The zero-order valence-electron chi connectivity index (χ0n) is 19.8. The van der Waals surface area contributed by atoms with Crippen LogP contribution >= 0.6 is 0 Å². The van der Waals surface area contributed by atoms with Gasteiger partial charge >= 0.3 is 0 Å². The van der Waals surface area contributed by atoms with E-state index in [4.69, 9.17) is 0 Å². The predicted molar refractivity (Wildman–Crippen MR) is 131 cm³/mol. The van der Waals surface area contributed by atoms with Gasteiger partial charge in [0.15, 0.2) is 0 Å². The summed E-state index contributed by atoms with van der Waals surface area (Å²) in [5, 5.41) is 10.6. The van der Waals surface area contributed by atoms with E-state index >= 15 is 0 Å². The highest BCUT2D eigenvalue weighted by atomic mass is 16.3. The fourth-order valence-electron chi connectivity index (χ4n) is 6.09. The Morgan fingerprint density at radius 3 is 2.81 bits per heavy atom. The third-order valence-corrected chi connectivity index (χ3v) is 7.84. The van der Waals surface area contributed by atoms with Gasteiger partial charge in [-0.25, -0.2) is 0 Å². The van der Waals surface area contributed by atoms with E-state index in [-0.39, 0.29) is 6.10 Å². The standard InChI is InChI=1S/C29H41NO2/c1-22-10-9-13-23(18-22)11-5-6-14-26-27-20-24(19-25(27)21-28(26)31)12-3-2-4-15-29(32)30-16-7-8-17-30/h6,9-10,13-14,18-19,25-28,31H,2-5,7-8,11-12,15-17,20-21H2,1H3/t25-,26+,27-,28+/m0/s1. The fourth-order valence-corrected chi connectivity index (χ4v) is 6.09. The third-order valence-electron chi connectivity index (χ3n) is 7.84. The van der Waals surface area contributed by atoms with E-state index in [2.05, 4.69) is 49.4 Å². The van der Waals surface area contributed by atoms with Crippen LogP contribution in [0.25, 0.3) is 0 Å². The van der Waals surface area contributed by atoms with Gasteiger partial charge in [0.25, 0.3) is 0 Å². The molecule has 174 valence electrons. The molecule has 3 heteroatoms. The van der Waals surface area contributed by atoms with Gasteiger partial charge in [-0.3, -0.25) is 4.79 Å². The number of carbonyl (C=O) groups excluding carboxylic acids is 1. The molecule has 1 amide bonds. The molecule has 2 fully saturated rings. The molecule has 4 rings (SSSR count). The molecular formula is C29H41NO2.